The molecule has 2 aliphatic heterocycles. The molecule has 0 saturated carbocycles. The molecule has 0 amide bonds. The van der Waals surface area contributed by atoms with Gasteiger partial charge in [-0.1, -0.05) is 0 Å². The number of fused-ring (bicyclic) bond motifs is 3. The Bertz CT molecular complexity index is 413. The maximum atomic E-state index is 7.06. The quantitative estimate of drug-likeness (QED) is 0.360. The van der Waals surface area contributed by atoms with E-state index in [2.05, 4.69) is 61.7 Å². The van der Waals surface area contributed by atoms with Crippen LogP contribution in [0.1, 0.15) is 41.0 Å². The van der Waals surface area contributed by atoms with E-state index in [0.29, 0.717) is 18.1 Å². The standard InChI is InChI=1S/C18H36Cl2N4.Mn/c1-13-11-14(2)24-10-9-22(6)16(4)17(19)18(5,20)23(8-7-21-13)12-15(24)3;/h13-17,21H,7-12H2,1-6H3;. The van der Waals surface area contributed by atoms with E-state index in [1.807, 2.05) is 0 Å². The summed E-state index contributed by atoms with van der Waals surface area (Å²) < 4.78 is 0. The number of halogens is 2. The van der Waals surface area contributed by atoms with Gasteiger partial charge in [0.1, 0.15) is 5.00 Å². The van der Waals surface area contributed by atoms with Crippen molar-refractivity contribution in [3.05, 3.63) is 0 Å². The molecule has 4 nitrogen and oxygen atoms in total. The Hall–Kier alpha value is 0.939. The van der Waals surface area contributed by atoms with Crippen LogP contribution in [-0.2, 0) is 17.1 Å². The molecular weight excluding hydrogens is 398 g/mol. The Kier molecular flexibility index (Phi) is 9.52. The smallest absolute Gasteiger partial charge is 0.111 e. The van der Waals surface area contributed by atoms with Crippen molar-refractivity contribution in [1.82, 2.24) is 20.0 Å². The number of hydrogen-bond acceptors (Lipinski definition) is 4. The van der Waals surface area contributed by atoms with Crippen LogP contribution in [0.3, 0.4) is 0 Å². The number of likely N-dealkylation sites (N-methyl/N-ethyl adjacent to an activating group) is 1. The first-order valence-electron chi connectivity index (χ1n) is 9.42. The molecule has 2 fully saturated rings. The van der Waals surface area contributed by atoms with Gasteiger partial charge in [0.2, 0.25) is 0 Å². The van der Waals surface area contributed by atoms with E-state index >= 15 is 0 Å². The Morgan fingerprint density at radius 1 is 1.04 bits per heavy atom. The van der Waals surface area contributed by atoms with Crippen LogP contribution < -0.4 is 5.32 Å². The van der Waals surface area contributed by atoms with Crippen LogP contribution in [0.25, 0.3) is 0 Å². The summed E-state index contributed by atoms with van der Waals surface area (Å²) in [4.78, 5) is 6.85. The van der Waals surface area contributed by atoms with Gasteiger partial charge < -0.3 is 10.2 Å². The molecule has 0 aromatic rings. The first-order valence-corrected chi connectivity index (χ1v) is 10.2. The predicted molar refractivity (Wildman–Crippen MR) is 105 cm³/mol. The van der Waals surface area contributed by atoms with Crippen molar-refractivity contribution in [2.24, 2.45) is 0 Å². The maximum Gasteiger partial charge on any atom is 0.111 e. The number of nitrogens with one attached hydrogen (secondary N) is 1. The monoisotopic (exact) mass is 433 g/mol. The molecule has 1 radical (unpaired) electrons. The second-order valence-corrected chi connectivity index (χ2v) is 9.36. The van der Waals surface area contributed by atoms with E-state index in [4.69, 9.17) is 23.2 Å². The number of rotatable bonds is 0. The minimum Gasteiger partial charge on any atom is -0.313 e. The van der Waals surface area contributed by atoms with E-state index in [9.17, 15) is 0 Å². The van der Waals surface area contributed by atoms with E-state index in [1.54, 1.807) is 0 Å². The van der Waals surface area contributed by atoms with Crippen LogP contribution in [0.15, 0.2) is 0 Å². The van der Waals surface area contributed by atoms with Crippen molar-refractivity contribution in [1.29, 1.82) is 0 Å². The summed E-state index contributed by atoms with van der Waals surface area (Å²) in [5.41, 5.74) is 0. The largest absolute Gasteiger partial charge is 0.313 e. The van der Waals surface area contributed by atoms with Gasteiger partial charge in [-0.15, -0.1) is 23.2 Å². The molecular formula is C18H36Cl2MnN4. The number of hydrogen-bond donors (Lipinski definition) is 1. The van der Waals surface area contributed by atoms with Crippen LogP contribution in [0.4, 0.5) is 0 Å². The fourth-order valence-corrected chi connectivity index (χ4v) is 4.94. The molecule has 0 aliphatic carbocycles. The molecule has 2 heterocycles. The van der Waals surface area contributed by atoms with E-state index < -0.39 is 5.00 Å². The zero-order chi connectivity index (χ0) is 18.1. The number of nitrogens with zero attached hydrogens (tertiary/aromatic N) is 3. The van der Waals surface area contributed by atoms with Crippen molar-refractivity contribution in [3.63, 3.8) is 0 Å². The van der Waals surface area contributed by atoms with Crippen LogP contribution in [0.5, 0.6) is 0 Å². The predicted octanol–water partition coefficient (Wildman–Crippen LogP) is 2.64. The summed E-state index contributed by atoms with van der Waals surface area (Å²) in [7, 11) is 2.17. The summed E-state index contributed by atoms with van der Waals surface area (Å²) in [6.45, 7) is 16.2. The average molecular weight is 434 g/mol. The summed E-state index contributed by atoms with van der Waals surface area (Å²) in [5.74, 6) is 0. The zero-order valence-electron chi connectivity index (χ0n) is 16.6. The molecule has 149 valence electrons. The maximum absolute atomic E-state index is 7.06. The van der Waals surface area contributed by atoms with E-state index in [-0.39, 0.29) is 28.5 Å². The third-order valence-corrected chi connectivity index (χ3v) is 7.51. The molecule has 0 spiro atoms. The molecule has 2 rings (SSSR count). The summed E-state index contributed by atoms with van der Waals surface area (Å²) in [6, 6.07) is 1.77. The molecule has 0 aromatic heterocycles. The molecule has 8 atom stereocenters. The molecule has 2 aliphatic rings. The van der Waals surface area contributed by atoms with Crippen LogP contribution >= 0.6 is 23.2 Å². The van der Waals surface area contributed by atoms with Crippen LogP contribution in [0, 0.1) is 0 Å². The molecule has 25 heavy (non-hydrogen) atoms. The molecule has 2 saturated heterocycles. The average Bonchev–Trinajstić information content (AvgIpc) is 2.50. The first-order chi connectivity index (χ1) is 11.1. The van der Waals surface area contributed by atoms with Crippen molar-refractivity contribution >= 4 is 23.2 Å². The van der Waals surface area contributed by atoms with E-state index in [0.717, 1.165) is 32.7 Å². The third kappa shape index (κ3) is 5.71. The van der Waals surface area contributed by atoms with Gasteiger partial charge in [-0.05, 0) is 48.1 Å². The Morgan fingerprint density at radius 2 is 1.68 bits per heavy atom. The SMILES string of the molecule is CC1CC(C)N2CCN(C)C(C)C(Cl)C(C)(Cl)N(CCN1)CC2C.[Mn]. The van der Waals surface area contributed by atoms with Crippen molar-refractivity contribution in [2.75, 3.05) is 39.8 Å². The van der Waals surface area contributed by atoms with Crippen LogP contribution in [0.2, 0.25) is 0 Å². The van der Waals surface area contributed by atoms with Gasteiger partial charge in [-0.2, -0.15) is 0 Å². The summed E-state index contributed by atoms with van der Waals surface area (Å²) in [5, 5.41) is 3.53. The zero-order valence-corrected chi connectivity index (χ0v) is 19.3. The van der Waals surface area contributed by atoms with Crippen LogP contribution in [-0.4, -0.2) is 89.0 Å². The molecule has 8 unspecified atom stereocenters. The second kappa shape index (κ2) is 9.93. The minimum atomic E-state index is -0.556. The van der Waals surface area contributed by atoms with Gasteiger partial charge >= 0.3 is 0 Å². The number of alkyl halides is 2. The summed E-state index contributed by atoms with van der Waals surface area (Å²) in [6.07, 6.45) is 1.18. The molecule has 0 aromatic carbocycles. The Balaban J connectivity index is 0.00000312. The van der Waals surface area contributed by atoms with Gasteiger partial charge in [0.25, 0.3) is 0 Å². The fraction of sp³-hybridized carbons (Fsp3) is 1.00. The van der Waals surface area contributed by atoms with Gasteiger partial charge in [0, 0.05) is 74.0 Å². The molecule has 7 heteroatoms. The normalized spacial score (nSPS) is 47.8. The topological polar surface area (TPSA) is 21.8 Å². The van der Waals surface area contributed by atoms with E-state index in [1.165, 1.54) is 6.42 Å². The third-order valence-electron chi connectivity index (χ3n) is 6.14. The van der Waals surface area contributed by atoms with Crippen molar-refractivity contribution < 1.29 is 17.1 Å². The Morgan fingerprint density at radius 3 is 2.32 bits per heavy atom. The summed E-state index contributed by atoms with van der Waals surface area (Å²) >= 11 is 13.9. The minimum absolute atomic E-state index is 0. The Labute approximate surface area is 175 Å². The molecule has 1 N–H and O–H groups in total. The second-order valence-electron chi connectivity index (χ2n) is 8.12. The van der Waals surface area contributed by atoms with Gasteiger partial charge in [0.15, 0.2) is 0 Å². The van der Waals surface area contributed by atoms with Gasteiger partial charge in [-0.3, -0.25) is 9.80 Å². The first kappa shape index (κ1) is 24.0. The van der Waals surface area contributed by atoms with Gasteiger partial charge in [0.05, 0.1) is 5.38 Å². The van der Waals surface area contributed by atoms with Crippen molar-refractivity contribution in [2.45, 2.75) is 75.6 Å². The van der Waals surface area contributed by atoms with Crippen molar-refractivity contribution in [3.8, 4) is 0 Å². The molecule has 2 bridgehead atoms. The van der Waals surface area contributed by atoms with Gasteiger partial charge in [-0.25, -0.2) is 0 Å². The fourth-order valence-electron chi connectivity index (χ4n) is 4.28.